The topological polar surface area (TPSA) is 42.0 Å². The van der Waals surface area contributed by atoms with Gasteiger partial charge in [0.05, 0.1) is 13.3 Å². The summed E-state index contributed by atoms with van der Waals surface area (Å²) in [4.78, 5) is 17.6. The van der Waals surface area contributed by atoms with E-state index in [-0.39, 0.29) is 18.7 Å². The maximum Gasteiger partial charge on any atom is 0.258 e. The molecular weight excluding hydrogens is 443 g/mol. The third-order valence-electron chi connectivity index (χ3n) is 7.77. The van der Waals surface area contributed by atoms with Crippen LogP contribution >= 0.6 is 0 Å². The van der Waals surface area contributed by atoms with Crippen LogP contribution in [0.2, 0.25) is 0 Å². The van der Waals surface area contributed by atoms with Crippen molar-refractivity contribution in [1.29, 1.82) is 0 Å². The molecule has 0 N–H and O–H groups in total. The molecule has 0 aromatic heterocycles. The lowest BCUT2D eigenvalue weighted by atomic mass is 9.98. The molecular formula is C29H37FN2O3. The standard InChI is InChI=1S/C29H37FN2O3/c1-2-3-17-34-26-11-12-28-21(18-26)13-16-32(29(28)33)22-7-9-25(10-8-22)35-27-19-23-5-6-24(20-27)31(23)15-4-14-30/h7-12,18,23-24,27H,2-6,13-17,19-20H2,1H3/t23-,24+,27+. The Morgan fingerprint density at radius 3 is 2.46 bits per heavy atom. The minimum absolute atomic E-state index is 0.0391. The van der Waals surface area contributed by atoms with Gasteiger partial charge in [-0.1, -0.05) is 13.3 Å². The lowest BCUT2D eigenvalue weighted by Gasteiger charge is -2.38. The Kier molecular flexibility index (Phi) is 7.57. The molecule has 2 fully saturated rings. The van der Waals surface area contributed by atoms with E-state index in [9.17, 15) is 9.18 Å². The van der Waals surface area contributed by atoms with Crippen molar-refractivity contribution in [3.05, 3.63) is 53.6 Å². The first kappa shape index (κ1) is 24.1. The molecule has 3 aliphatic rings. The summed E-state index contributed by atoms with van der Waals surface area (Å²) in [7, 11) is 0. The molecule has 0 spiro atoms. The Morgan fingerprint density at radius 1 is 1.00 bits per heavy atom. The monoisotopic (exact) mass is 480 g/mol. The number of benzene rings is 2. The summed E-state index contributed by atoms with van der Waals surface area (Å²) in [5, 5.41) is 0. The molecule has 5 nitrogen and oxygen atoms in total. The van der Waals surface area contributed by atoms with Crippen LogP contribution in [0.5, 0.6) is 11.5 Å². The van der Waals surface area contributed by atoms with Crippen LogP contribution in [0.15, 0.2) is 42.5 Å². The van der Waals surface area contributed by atoms with Crippen LogP contribution in [0.25, 0.3) is 0 Å². The Labute approximate surface area is 208 Å². The molecule has 35 heavy (non-hydrogen) atoms. The molecule has 2 saturated heterocycles. The number of carbonyl (C=O) groups is 1. The minimum Gasteiger partial charge on any atom is -0.494 e. The number of hydrogen-bond donors (Lipinski definition) is 0. The number of unbranched alkanes of at least 4 members (excludes halogenated alkanes) is 1. The van der Waals surface area contributed by atoms with E-state index in [4.69, 9.17) is 9.47 Å². The third kappa shape index (κ3) is 5.32. The van der Waals surface area contributed by atoms with E-state index in [1.54, 1.807) is 0 Å². The zero-order valence-electron chi connectivity index (χ0n) is 20.8. The zero-order chi connectivity index (χ0) is 24.2. The summed E-state index contributed by atoms with van der Waals surface area (Å²) in [6.45, 7) is 4.15. The van der Waals surface area contributed by atoms with Crippen molar-refractivity contribution in [2.45, 2.75) is 76.5 Å². The Morgan fingerprint density at radius 2 is 1.74 bits per heavy atom. The van der Waals surface area contributed by atoms with Crippen LogP contribution in [0.3, 0.4) is 0 Å². The highest BCUT2D eigenvalue weighted by Gasteiger charge is 2.41. The number of halogens is 1. The van der Waals surface area contributed by atoms with Gasteiger partial charge in [-0.05, 0) is 93.0 Å². The molecule has 0 aliphatic carbocycles. The summed E-state index contributed by atoms with van der Waals surface area (Å²) < 4.78 is 24.8. The van der Waals surface area contributed by atoms with E-state index < -0.39 is 0 Å². The highest BCUT2D eigenvalue weighted by Crippen LogP contribution is 2.37. The van der Waals surface area contributed by atoms with Crippen LogP contribution in [0, 0.1) is 0 Å². The van der Waals surface area contributed by atoms with Crippen molar-refractivity contribution < 1.29 is 18.7 Å². The van der Waals surface area contributed by atoms with E-state index >= 15 is 0 Å². The third-order valence-corrected chi connectivity index (χ3v) is 7.77. The number of ether oxygens (including phenoxy) is 2. The van der Waals surface area contributed by atoms with E-state index in [2.05, 4.69) is 11.8 Å². The van der Waals surface area contributed by atoms with Gasteiger partial charge in [0.15, 0.2) is 0 Å². The van der Waals surface area contributed by atoms with Crippen molar-refractivity contribution >= 4 is 11.6 Å². The maximum atomic E-state index is 13.2. The molecule has 5 rings (SSSR count). The van der Waals surface area contributed by atoms with Crippen LogP contribution in [-0.4, -0.2) is 55.4 Å². The number of fused-ring (bicyclic) bond motifs is 3. The fourth-order valence-corrected chi connectivity index (χ4v) is 5.96. The average molecular weight is 481 g/mol. The van der Waals surface area contributed by atoms with Gasteiger partial charge >= 0.3 is 0 Å². The van der Waals surface area contributed by atoms with E-state index in [0.29, 0.717) is 31.7 Å². The number of piperidine rings is 1. The van der Waals surface area contributed by atoms with Gasteiger partial charge in [-0.3, -0.25) is 14.1 Å². The van der Waals surface area contributed by atoms with Gasteiger partial charge in [0.2, 0.25) is 0 Å². The number of hydrogen-bond acceptors (Lipinski definition) is 4. The summed E-state index contributed by atoms with van der Waals surface area (Å²) in [6, 6.07) is 14.8. The normalized spacial score (nSPS) is 23.9. The molecule has 6 heteroatoms. The second-order valence-corrected chi connectivity index (χ2v) is 10.1. The van der Waals surface area contributed by atoms with E-state index in [1.165, 1.54) is 12.8 Å². The first-order chi connectivity index (χ1) is 17.2. The molecule has 3 heterocycles. The van der Waals surface area contributed by atoms with Gasteiger partial charge in [0.25, 0.3) is 5.91 Å². The molecule has 188 valence electrons. The largest absolute Gasteiger partial charge is 0.494 e. The lowest BCUT2D eigenvalue weighted by molar-refractivity contribution is 0.0478. The number of rotatable bonds is 10. The molecule has 2 bridgehead atoms. The van der Waals surface area contributed by atoms with Gasteiger partial charge in [0.1, 0.15) is 17.6 Å². The number of carbonyl (C=O) groups excluding carboxylic acids is 1. The molecule has 2 aromatic rings. The van der Waals surface area contributed by atoms with E-state index in [1.807, 2.05) is 47.4 Å². The number of amides is 1. The lowest BCUT2D eigenvalue weighted by Crippen LogP contribution is -2.46. The first-order valence-corrected chi connectivity index (χ1v) is 13.3. The number of nitrogens with zero attached hydrogens (tertiary/aromatic N) is 2. The maximum absolute atomic E-state index is 13.2. The predicted molar refractivity (Wildman–Crippen MR) is 136 cm³/mol. The van der Waals surface area contributed by atoms with Crippen LogP contribution in [-0.2, 0) is 6.42 Å². The first-order valence-electron chi connectivity index (χ1n) is 13.3. The summed E-state index contributed by atoms with van der Waals surface area (Å²) in [5.41, 5.74) is 2.72. The molecule has 1 amide bonds. The van der Waals surface area contributed by atoms with Crippen molar-refractivity contribution in [1.82, 2.24) is 4.90 Å². The average Bonchev–Trinajstić information content (AvgIpc) is 3.11. The van der Waals surface area contributed by atoms with Gasteiger partial charge in [-0.2, -0.15) is 0 Å². The molecule has 0 saturated carbocycles. The zero-order valence-corrected chi connectivity index (χ0v) is 20.8. The van der Waals surface area contributed by atoms with Gasteiger partial charge in [-0.25, -0.2) is 0 Å². The number of alkyl halides is 1. The molecule has 0 unspecified atom stereocenters. The predicted octanol–water partition coefficient (Wildman–Crippen LogP) is 5.80. The van der Waals surface area contributed by atoms with Crippen LogP contribution in [0.1, 0.15) is 67.8 Å². The highest BCUT2D eigenvalue weighted by atomic mass is 19.1. The molecule has 2 aromatic carbocycles. The van der Waals surface area contributed by atoms with Crippen LogP contribution < -0.4 is 14.4 Å². The van der Waals surface area contributed by atoms with Gasteiger partial charge < -0.3 is 14.4 Å². The fourth-order valence-electron chi connectivity index (χ4n) is 5.96. The second kappa shape index (κ2) is 11.0. The van der Waals surface area contributed by atoms with Crippen molar-refractivity contribution in [3.8, 4) is 11.5 Å². The molecule has 3 atom stereocenters. The minimum atomic E-state index is -0.234. The molecule has 0 radical (unpaired) electrons. The Bertz CT molecular complexity index is 997. The summed E-state index contributed by atoms with van der Waals surface area (Å²) in [5.74, 6) is 1.74. The Balaban J connectivity index is 1.19. The Hall–Kier alpha value is -2.60. The van der Waals surface area contributed by atoms with Crippen LogP contribution in [0.4, 0.5) is 10.1 Å². The fraction of sp³-hybridized carbons (Fsp3) is 0.552. The van der Waals surface area contributed by atoms with Gasteiger partial charge in [-0.15, -0.1) is 0 Å². The highest BCUT2D eigenvalue weighted by molar-refractivity contribution is 6.08. The van der Waals surface area contributed by atoms with Gasteiger partial charge in [0, 0.05) is 36.4 Å². The van der Waals surface area contributed by atoms with E-state index in [0.717, 1.165) is 67.0 Å². The second-order valence-electron chi connectivity index (χ2n) is 10.1. The van der Waals surface area contributed by atoms with Crippen molar-refractivity contribution in [2.24, 2.45) is 0 Å². The van der Waals surface area contributed by atoms with Crippen molar-refractivity contribution in [2.75, 3.05) is 31.3 Å². The summed E-state index contributed by atoms with van der Waals surface area (Å²) >= 11 is 0. The van der Waals surface area contributed by atoms with Crippen molar-refractivity contribution in [3.63, 3.8) is 0 Å². The molecule has 3 aliphatic heterocycles. The smallest absolute Gasteiger partial charge is 0.258 e. The number of anilines is 1. The quantitative estimate of drug-likeness (QED) is 0.403. The SMILES string of the molecule is CCCCOc1ccc2c(c1)CCN(c1ccc(O[C@H]3C[C@H]4CC[C@@H](C3)N4CCCF)cc1)C2=O. The summed E-state index contributed by atoms with van der Waals surface area (Å²) in [6.07, 6.45) is 8.20.